The molecule has 0 saturated carbocycles. The van der Waals surface area contributed by atoms with Crippen molar-refractivity contribution in [3.63, 3.8) is 0 Å². The number of amides is 1. The van der Waals surface area contributed by atoms with Crippen molar-refractivity contribution in [2.45, 2.75) is 12.8 Å². The van der Waals surface area contributed by atoms with Crippen LogP contribution in [0.15, 0.2) is 42.6 Å². The van der Waals surface area contributed by atoms with E-state index in [1.165, 1.54) is 0 Å². The molecule has 0 saturated heterocycles. The summed E-state index contributed by atoms with van der Waals surface area (Å²) in [5, 5.41) is 6.13. The smallest absolute Gasteiger partial charge is 0.228 e. The highest BCUT2D eigenvalue weighted by Crippen LogP contribution is 2.13. The van der Waals surface area contributed by atoms with Crippen LogP contribution in [0.5, 0.6) is 5.75 Å². The van der Waals surface area contributed by atoms with Gasteiger partial charge in [0.15, 0.2) is 0 Å². The summed E-state index contributed by atoms with van der Waals surface area (Å²) in [6.45, 7) is 1.90. The van der Waals surface area contributed by atoms with Gasteiger partial charge in [0.2, 0.25) is 5.91 Å². The van der Waals surface area contributed by atoms with Gasteiger partial charge < -0.3 is 20.3 Å². The Morgan fingerprint density at radius 1 is 1.16 bits per heavy atom. The van der Waals surface area contributed by atoms with E-state index in [0.29, 0.717) is 12.1 Å². The van der Waals surface area contributed by atoms with Crippen molar-refractivity contribution >= 4 is 17.4 Å². The minimum Gasteiger partial charge on any atom is -0.497 e. The number of carbonyl (C=O) groups is 1. The highest BCUT2D eigenvalue weighted by molar-refractivity contribution is 5.92. The number of benzene rings is 1. The molecule has 1 heterocycles. The molecule has 0 atom stereocenters. The number of nitrogens with zero attached hydrogens (tertiary/aromatic N) is 2. The third-order valence-electron chi connectivity index (χ3n) is 3.66. The van der Waals surface area contributed by atoms with E-state index in [1.54, 1.807) is 13.3 Å². The number of hydrogen-bond donors (Lipinski definition) is 2. The van der Waals surface area contributed by atoms with Crippen molar-refractivity contribution in [1.29, 1.82) is 0 Å². The Kier molecular flexibility index (Phi) is 7.22. The quantitative estimate of drug-likeness (QED) is 0.686. The van der Waals surface area contributed by atoms with Crippen molar-refractivity contribution in [3.05, 3.63) is 48.2 Å². The van der Waals surface area contributed by atoms with Gasteiger partial charge in [0.25, 0.3) is 0 Å². The Bertz CT molecular complexity index is 654. The van der Waals surface area contributed by atoms with Gasteiger partial charge in [0.1, 0.15) is 11.6 Å². The van der Waals surface area contributed by atoms with Crippen molar-refractivity contribution < 1.29 is 9.53 Å². The number of carbonyl (C=O) groups excluding carboxylic acids is 1. The van der Waals surface area contributed by atoms with Crippen LogP contribution in [0.25, 0.3) is 0 Å². The number of nitrogens with one attached hydrogen (secondary N) is 2. The zero-order chi connectivity index (χ0) is 18.1. The summed E-state index contributed by atoms with van der Waals surface area (Å²) in [5.74, 6) is 1.52. The first-order valence-corrected chi connectivity index (χ1v) is 8.34. The second-order valence-corrected chi connectivity index (χ2v) is 6.09. The normalized spacial score (nSPS) is 10.6. The van der Waals surface area contributed by atoms with Crippen molar-refractivity contribution in [3.8, 4) is 5.75 Å². The van der Waals surface area contributed by atoms with Gasteiger partial charge >= 0.3 is 0 Å². The summed E-state index contributed by atoms with van der Waals surface area (Å²) in [6.07, 6.45) is 3.03. The average Bonchev–Trinajstić information content (AvgIpc) is 2.60. The van der Waals surface area contributed by atoms with E-state index in [2.05, 4.69) is 34.6 Å². The molecule has 6 heteroatoms. The summed E-state index contributed by atoms with van der Waals surface area (Å²) in [6, 6.07) is 11.2. The summed E-state index contributed by atoms with van der Waals surface area (Å²) in [5.41, 5.74) is 1.63. The molecule has 1 aromatic carbocycles. The molecule has 25 heavy (non-hydrogen) atoms. The number of methoxy groups -OCH3 is 1. The Hall–Kier alpha value is -2.60. The molecular formula is C19H26N4O2. The van der Waals surface area contributed by atoms with Gasteiger partial charge in [-0.05, 0) is 56.9 Å². The Labute approximate surface area is 149 Å². The summed E-state index contributed by atoms with van der Waals surface area (Å²) in [4.78, 5) is 18.6. The zero-order valence-corrected chi connectivity index (χ0v) is 15.1. The van der Waals surface area contributed by atoms with E-state index >= 15 is 0 Å². The summed E-state index contributed by atoms with van der Waals surface area (Å²) < 4.78 is 5.11. The largest absolute Gasteiger partial charge is 0.497 e. The lowest BCUT2D eigenvalue weighted by atomic mass is 10.1. The second-order valence-electron chi connectivity index (χ2n) is 6.09. The Morgan fingerprint density at radius 2 is 1.92 bits per heavy atom. The molecule has 0 aliphatic rings. The molecule has 0 bridgehead atoms. The molecule has 1 aromatic heterocycles. The van der Waals surface area contributed by atoms with Gasteiger partial charge in [-0.1, -0.05) is 12.1 Å². The third kappa shape index (κ3) is 6.81. The zero-order valence-electron chi connectivity index (χ0n) is 15.1. The molecule has 2 rings (SSSR count). The molecule has 134 valence electrons. The van der Waals surface area contributed by atoms with Crippen LogP contribution < -0.4 is 15.4 Å². The van der Waals surface area contributed by atoms with Crippen LogP contribution >= 0.6 is 0 Å². The maximum Gasteiger partial charge on any atom is 0.228 e. The van der Waals surface area contributed by atoms with Crippen LogP contribution in [0.4, 0.5) is 11.5 Å². The summed E-state index contributed by atoms with van der Waals surface area (Å²) in [7, 11) is 5.73. The van der Waals surface area contributed by atoms with Crippen LogP contribution in [0.2, 0.25) is 0 Å². The van der Waals surface area contributed by atoms with Gasteiger partial charge in [-0.2, -0.15) is 0 Å². The molecule has 0 fully saturated rings. The van der Waals surface area contributed by atoms with E-state index in [9.17, 15) is 4.79 Å². The molecule has 6 nitrogen and oxygen atoms in total. The lowest BCUT2D eigenvalue weighted by Crippen LogP contribution is -2.17. The number of anilines is 2. The summed E-state index contributed by atoms with van der Waals surface area (Å²) >= 11 is 0. The van der Waals surface area contributed by atoms with Crippen molar-refractivity contribution in [2.75, 3.05) is 44.9 Å². The van der Waals surface area contributed by atoms with Gasteiger partial charge in [0.05, 0.1) is 25.4 Å². The fourth-order valence-corrected chi connectivity index (χ4v) is 2.32. The lowest BCUT2D eigenvalue weighted by molar-refractivity contribution is -0.115. The standard InChI is InChI=1S/C19H26N4O2/c1-23(2)12-4-11-20-18-10-7-16(14-21-18)22-19(24)13-15-5-8-17(25-3)9-6-15/h5-10,14H,4,11-13H2,1-3H3,(H,20,21)(H,22,24). The number of hydrogen-bond acceptors (Lipinski definition) is 5. The third-order valence-corrected chi connectivity index (χ3v) is 3.66. The monoisotopic (exact) mass is 342 g/mol. The second kappa shape index (κ2) is 9.64. The highest BCUT2D eigenvalue weighted by atomic mass is 16.5. The molecule has 1 amide bonds. The maximum absolute atomic E-state index is 12.1. The Morgan fingerprint density at radius 3 is 2.52 bits per heavy atom. The number of ether oxygens (including phenoxy) is 1. The first-order chi connectivity index (χ1) is 12.1. The van der Waals surface area contributed by atoms with Crippen LogP contribution in [-0.2, 0) is 11.2 Å². The van der Waals surface area contributed by atoms with E-state index in [4.69, 9.17) is 4.74 Å². The lowest BCUT2D eigenvalue weighted by Gasteiger charge is -2.10. The van der Waals surface area contributed by atoms with Crippen LogP contribution in [0.3, 0.4) is 0 Å². The molecular weight excluding hydrogens is 316 g/mol. The Balaban J connectivity index is 1.78. The van der Waals surface area contributed by atoms with Crippen LogP contribution in [0, 0.1) is 0 Å². The number of pyridine rings is 1. The molecule has 0 spiro atoms. The van der Waals surface area contributed by atoms with E-state index in [-0.39, 0.29) is 5.91 Å². The number of rotatable bonds is 9. The predicted molar refractivity (Wildman–Crippen MR) is 101 cm³/mol. The first kappa shape index (κ1) is 18.7. The SMILES string of the molecule is COc1ccc(CC(=O)Nc2ccc(NCCCN(C)C)nc2)cc1. The number of aromatic nitrogens is 1. The fraction of sp³-hybridized carbons (Fsp3) is 0.368. The molecule has 2 aromatic rings. The minimum atomic E-state index is -0.0707. The fourth-order valence-electron chi connectivity index (χ4n) is 2.32. The molecule has 0 radical (unpaired) electrons. The molecule has 0 aliphatic heterocycles. The van der Waals surface area contributed by atoms with Crippen LogP contribution in [0.1, 0.15) is 12.0 Å². The predicted octanol–water partition coefficient (Wildman–Crippen LogP) is 2.64. The van der Waals surface area contributed by atoms with E-state index in [1.807, 2.05) is 36.4 Å². The highest BCUT2D eigenvalue weighted by Gasteiger charge is 2.05. The average molecular weight is 342 g/mol. The van der Waals surface area contributed by atoms with Crippen LogP contribution in [-0.4, -0.2) is 50.1 Å². The van der Waals surface area contributed by atoms with Gasteiger partial charge in [-0.15, -0.1) is 0 Å². The first-order valence-electron chi connectivity index (χ1n) is 8.34. The minimum absolute atomic E-state index is 0.0707. The van der Waals surface area contributed by atoms with E-state index in [0.717, 1.165) is 36.6 Å². The molecule has 0 aliphatic carbocycles. The topological polar surface area (TPSA) is 66.5 Å². The van der Waals surface area contributed by atoms with Gasteiger partial charge in [-0.3, -0.25) is 4.79 Å². The molecule has 0 unspecified atom stereocenters. The van der Waals surface area contributed by atoms with Crippen molar-refractivity contribution in [1.82, 2.24) is 9.88 Å². The van der Waals surface area contributed by atoms with Gasteiger partial charge in [-0.25, -0.2) is 4.98 Å². The van der Waals surface area contributed by atoms with Crippen molar-refractivity contribution in [2.24, 2.45) is 0 Å². The van der Waals surface area contributed by atoms with E-state index < -0.39 is 0 Å². The maximum atomic E-state index is 12.1. The van der Waals surface area contributed by atoms with Gasteiger partial charge in [0, 0.05) is 6.54 Å². The molecule has 2 N–H and O–H groups in total.